The van der Waals surface area contributed by atoms with Crippen LogP contribution in [0.1, 0.15) is 60.3 Å². The Morgan fingerprint density at radius 3 is 2.67 bits per heavy atom. The molecule has 40 heavy (non-hydrogen) atoms. The molecule has 2 atom stereocenters. The fourth-order valence-corrected chi connectivity index (χ4v) is 6.07. The van der Waals surface area contributed by atoms with Gasteiger partial charge in [0.15, 0.2) is 22.5 Å². The zero-order valence-electron chi connectivity index (χ0n) is 23.7. The predicted octanol–water partition coefficient (Wildman–Crippen LogP) is 2.76. The number of nitrogen functional groups attached to an aromatic ring is 1. The quantitative estimate of drug-likeness (QED) is 0.417. The highest BCUT2D eigenvalue weighted by Gasteiger charge is 2.34. The van der Waals surface area contributed by atoms with Gasteiger partial charge < -0.3 is 21.1 Å². The highest BCUT2D eigenvalue weighted by molar-refractivity contribution is 6.32. The molecule has 2 aromatic rings. The molecule has 0 saturated carbocycles. The van der Waals surface area contributed by atoms with Crippen LogP contribution in [-0.4, -0.2) is 88.2 Å². The van der Waals surface area contributed by atoms with E-state index in [0.717, 1.165) is 64.1 Å². The second-order valence-corrected chi connectivity index (χ2v) is 11.3. The fraction of sp³-hybridized carbons (Fsp3) is 0.586. The number of nitrogens with zero attached hydrogens (tertiary/aromatic N) is 6. The van der Waals surface area contributed by atoms with E-state index in [-0.39, 0.29) is 23.2 Å². The molecule has 2 aliphatic heterocycles. The SMILES string of the molecule is CC[C@H]1CN(c2nc(N)c(C(=O)NC[C@@H](C)O)nc2Cl)CCN1C1CCN(Cc2ccc(C)cc2CC#N)CC1. The third-order valence-corrected chi connectivity index (χ3v) is 8.24. The maximum Gasteiger partial charge on any atom is 0.273 e. The van der Waals surface area contributed by atoms with Crippen molar-refractivity contribution in [3.8, 4) is 6.07 Å². The summed E-state index contributed by atoms with van der Waals surface area (Å²) in [7, 11) is 0. The molecule has 0 radical (unpaired) electrons. The molecule has 2 saturated heterocycles. The number of amides is 1. The second kappa shape index (κ2) is 13.6. The lowest BCUT2D eigenvalue weighted by atomic mass is 9.96. The van der Waals surface area contributed by atoms with Gasteiger partial charge in [-0.3, -0.25) is 14.6 Å². The molecule has 3 heterocycles. The van der Waals surface area contributed by atoms with Crippen LogP contribution in [0.5, 0.6) is 0 Å². The van der Waals surface area contributed by atoms with E-state index >= 15 is 0 Å². The monoisotopic (exact) mass is 568 g/mol. The largest absolute Gasteiger partial charge is 0.392 e. The summed E-state index contributed by atoms with van der Waals surface area (Å²) >= 11 is 6.50. The number of aliphatic hydroxyl groups excluding tert-OH is 1. The Labute approximate surface area is 242 Å². The predicted molar refractivity (Wildman–Crippen MR) is 157 cm³/mol. The van der Waals surface area contributed by atoms with Crippen molar-refractivity contribution in [2.24, 2.45) is 0 Å². The summed E-state index contributed by atoms with van der Waals surface area (Å²) in [5, 5.41) is 21.4. The fourth-order valence-electron chi connectivity index (χ4n) is 5.83. The van der Waals surface area contributed by atoms with Crippen LogP contribution in [0, 0.1) is 18.3 Å². The van der Waals surface area contributed by atoms with Crippen molar-refractivity contribution in [1.82, 2.24) is 25.1 Å². The van der Waals surface area contributed by atoms with Crippen molar-refractivity contribution < 1.29 is 9.90 Å². The number of nitrogens with one attached hydrogen (secondary N) is 1. The third-order valence-electron chi connectivity index (χ3n) is 7.99. The number of rotatable bonds is 9. The smallest absolute Gasteiger partial charge is 0.273 e. The van der Waals surface area contributed by atoms with Crippen molar-refractivity contribution in [2.45, 2.75) is 71.2 Å². The van der Waals surface area contributed by atoms with Crippen LogP contribution < -0.4 is 16.0 Å². The number of aliphatic hydroxyl groups is 1. The minimum atomic E-state index is -0.683. The van der Waals surface area contributed by atoms with Gasteiger partial charge in [0.1, 0.15) is 0 Å². The van der Waals surface area contributed by atoms with Crippen molar-refractivity contribution in [3.63, 3.8) is 0 Å². The van der Waals surface area contributed by atoms with E-state index in [1.807, 2.05) is 0 Å². The summed E-state index contributed by atoms with van der Waals surface area (Å²) in [4.78, 5) is 28.4. The van der Waals surface area contributed by atoms with Crippen LogP contribution in [-0.2, 0) is 13.0 Å². The van der Waals surface area contributed by atoms with Crippen LogP contribution in [0.2, 0.25) is 5.15 Å². The standard InChI is InChI=1S/C29H41ClN8O2/c1-4-23-18-37(28-26(30)34-25(27(32)35-28)29(40)33-16-20(3)39)13-14-38(23)24-8-11-36(12-9-24)17-22-6-5-19(2)15-21(22)7-10-31/h5-6,15,20,23-24,39H,4,7-9,11-14,16-18H2,1-3H3,(H2,32,35)(H,33,40)/t20-,23+/m1/s1. The third kappa shape index (κ3) is 7.21. The van der Waals surface area contributed by atoms with Crippen molar-refractivity contribution in [2.75, 3.05) is 49.9 Å². The average molecular weight is 569 g/mol. The lowest BCUT2D eigenvalue weighted by Gasteiger charge is -2.47. The van der Waals surface area contributed by atoms with E-state index in [9.17, 15) is 15.2 Å². The van der Waals surface area contributed by atoms with Crippen molar-refractivity contribution in [1.29, 1.82) is 5.26 Å². The van der Waals surface area contributed by atoms with Crippen LogP contribution in [0.3, 0.4) is 0 Å². The molecule has 1 aromatic carbocycles. The Morgan fingerprint density at radius 1 is 1.25 bits per heavy atom. The minimum Gasteiger partial charge on any atom is -0.392 e. The molecule has 216 valence electrons. The summed E-state index contributed by atoms with van der Waals surface area (Å²) in [5.74, 6) is 0.0212. The van der Waals surface area contributed by atoms with E-state index in [4.69, 9.17) is 17.3 Å². The molecule has 0 bridgehead atoms. The molecule has 2 aliphatic rings. The van der Waals surface area contributed by atoms with Crippen LogP contribution in [0.15, 0.2) is 18.2 Å². The van der Waals surface area contributed by atoms with Gasteiger partial charge in [-0.25, -0.2) is 9.97 Å². The van der Waals surface area contributed by atoms with Gasteiger partial charge in [-0.2, -0.15) is 5.26 Å². The van der Waals surface area contributed by atoms with Crippen LogP contribution >= 0.6 is 11.6 Å². The summed E-state index contributed by atoms with van der Waals surface area (Å²) in [6, 6.07) is 9.63. The molecular formula is C29H41ClN8O2. The molecule has 10 nitrogen and oxygen atoms in total. The number of aryl methyl sites for hydroxylation is 1. The average Bonchev–Trinajstić information content (AvgIpc) is 2.94. The van der Waals surface area contributed by atoms with Gasteiger partial charge >= 0.3 is 0 Å². The Morgan fingerprint density at radius 2 is 2.00 bits per heavy atom. The number of piperidine rings is 1. The maximum absolute atomic E-state index is 12.4. The van der Waals surface area contributed by atoms with E-state index in [0.29, 0.717) is 24.3 Å². The number of nitrogens with two attached hydrogens (primary N) is 1. The number of likely N-dealkylation sites (tertiary alicyclic amines) is 1. The van der Waals surface area contributed by atoms with Gasteiger partial charge in [-0.1, -0.05) is 42.3 Å². The van der Waals surface area contributed by atoms with Gasteiger partial charge in [-0.15, -0.1) is 0 Å². The van der Waals surface area contributed by atoms with Gasteiger partial charge in [0.05, 0.1) is 18.6 Å². The van der Waals surface area contributed by atoms with Crippen LogP contribution in [0.25, 0.3) is 0 Å². The first-order valence-corrected chi connectivity index (χ1v) is 14.6. The van der Waals surface area contributed by atoms with E-state index in [2.05, 4.69) is 68.1 Å². The van der Waals surface area contributed by atoms with E-state index in [1.165, 1.54) is 11.1 Å². The van der Waals surface area contributed by atoms with E-state index in [1.54, 1.807) is 6.92 Å². The number of halogens is 1. The van der Waals surface area contributed by atoms with Gasteiger partial charge in [-0.05, 0) is 57.3 Å². The molecular weight excluding hydrogens is 528 g/mol. The highest BCUT2D eigenvalue weighted by Crippen LogP contribution is 2.30. The Kier molecular flexibility index (Phi) is 10.2. The first kappa shape index (κ1) is 30.0. The number of piperazine rings is 1. The Hall–Kier alpha value is -2.97. The number of nitriles is 1. The number of carbonyl (C=O) groups is 1. The molecule has 4 rings (SSSR count). The first-order valence-electron chi connectivity index (χ1n) is 14.2. The second-order valence-electron chi connectivity index (χ2n) is 11.0. The zero-order valence-corrected chi connectivity index (χ0v) is 24.5. The number of hydrogen-bond acceptors (Lipinski definition) is 9. The molecule has 0 spiro atoms. The van der Waals surface area contributed by atoms with Crippen molar-refractivity contribution >= 4 is 29.1 Å². The number of aromatic nitrogens is 2. The van der Waals surface area contributed by atoms with Crippen molar-refractivity contribution in [3.05, 3.63) is 45.7 Å². The molecule has 1 amide bonds. The number of anilines is 2. The van der Waals surface area contributed by atoms with Gasteiger partial charge in [0.2, 0.25) is 0 Å². The number of benzene rings is 1. The topological polar surface area (TPSA) is 135 Å². The maximum atomic E-state index is 12.4. The van der Waals surface area contributed by atoms with Gasteiger partial charge in [0, 0.05) is 44.8 Å². The summed E-state index contributed by atoms with van der Waals surface area (Å²) in [6.45, 7) is 11.3. The summed E-state index contributed by atoms with van der Waals surface area (Å²) < 4.78 is 0. The number of hydrogen-bond donors (Lipinski definition) is 3. The first-order chi connectivity index (χ1) is 19.2. The Bertz CT molecular complexity index is 1230. The highest BCUT2D eigenvalue weighted by atomic mass is 35.5. The molecule has 0 unspecified atom stereocenters. The molecule has 2 fully saturated rings. The van der Waals surface area contributed by atoms with Gasteiger partial charge in [0.25, 0.3) is 5.91 Å². The summed E-state index contributed by atoms with van der Waals surface area (Å²) in [5.41, 5.74) is 9.67. The lowest BCUT2D eigenvalue weighted by Crippen LogP contribution is -2.58. The van der Waals surface area contributed by atoms with Crippen LogP contribution in [0.4, 0.5) is 11.6 Å². The molecule has 1 aromatic heterocycles. The normalized spacial score (nSPS) is 19.8. The summed E-state index contributed by atoms with van der Waals surface area (Å²) in [6.07, 6.45) is 2.99. The molecule has 11 heteroatoms. The molecule has 4 N–H and O–H groups in total. The zero-order chi connectivity index (χ0) is 28.8. The number of carbonyl (C=O) groups excluding carboxylic acids is 1. The lowest BCUT2D eigenvalue weighted by molar-refractivity contribution is 0.0610. The Balaban J connectivity index is 1.36. The minimum absolute atomic E-state index is 0.0249. The van der Waals surface area contributed by atoms with E-state index < -0.39 is 12.0 Å². The molecule has 0 aliphatic carbocycles.